The van der Waals surface area contributed by atoms with Crippen molar-refractivity contribution in [3.8, 4) is 11.5 Å². The van der Waals surface area contributed by atoms with Crippen LogP contribution in [0.1, 0.15) is 110 Å². The number of benzene rings is 1. The molecule has 2 aliphatic heterocycles. The molecule has 358 valence electrons. The summed E-state index contributed by atoms with van der Waals surface area (Å²) in [6.07, 6.45) is -5.42. The fraction of sp³-hybridized carbons (Fsp3) is 0.771. The predicted molar refractivity (Wildman–Crippen MR) is 228 cm³/mol. The van der Waals surface area contributed by atoms with Crippen molar-refractivity contribution in [1.82, 2.24) is 0 Å². The van der Waals surface area contributed by atoms with E-state index in [1.54, 1.807) is 6.92 Å². The lowest BCUT2D eigenvalue weighted by molar-refractivity contribution is -0.345. The van der Waals surface area contributed by atoms with E-state index in [1.807, 2.05) is 0 Å². The number of ether oxygens (including phenoxy) is 8. The van der Waals surface area contributed by atoms with Gasteiger partial charge in [-0.25, -0.2) is 4.79 Å². The topological polar surface area (TPSA) is 226 Å². The third-order valence-electron chi connectivity index (χ3n) is 16.0. The molecule has 0 aromatic heterocycles. The lowest BCUT2D eigenvalue weighted by Crippen LogP contribution is -2.64. The van der Waals surface area contributed by atoms with E-state index in [4.69, 9.17) is 37.9 Å². The molecule has 0 radical (unpaired) electrons. The summed E-state index contributed by atoms with van der Waals surface area (Å²) in [5, 5.41) is 57.3. The molecule has 7 rings (SSSR count). The maximum Gasteiger partial charge on any atom is 0.338 e. The van der Waals surface area contributed by atoms with Crippen molar-refractivity contribution in [2.24, 2.45) is 40.4 Å². The van der Waals surface area contributed by atoms with E-state index in [0.29, 0.717) is 37.4 Å². The largest absolute Gasteiger partial charge is 0.493 e. The monoisotopic (exact) mass is 902 g/mol. The lowest BCUT2D eigenvalue weighted by atomic mass is 9.46. The highest BCUT2D eigenvalue weighted by atomic mass is 16.8. The van der Waals surface area contributed by atoms with E-state index in [9.17, 15) is 39.9 Å². The van der Waals surface area contributed by atoms with Gasteiger partial charge in [0.05, 0.1) is 45.2 Å². The van der Waals surface area contributed by atoms with Gasteiger partial charge in [0, 0.05) is 24.7 Å². The van der Waals surface area contributed by atoms with Gasteiger partial charge in [0.15, 0.2) is 36.3 Å². The van der Waals surface area contributed by atoms with Crippen molar-refractivity contribution in [1.29, 1.82) is 0 Å². The highest BCUT2D eigenvalue weighted by molar-refractivity contribution is 5.90. The zero-order valence-electron chi connectivity index (χ0n) is 38.5. The summed E-state index contributed by atoms with van der Waals surface area (Å²) in [5.41, 5.74) is -1.21. The van der Waals surface area contributed by atoms with E-state index >= 15 is 0 Å². The first kappa shape index (κ1) is 48.7. The maximum atomic E-state index is 14.2. The van der Waals surface area contributed by atoms with Crippen LogP contribution >= 0.6 is 0 Å². The van der Waals surface area contributed by atoms with Crippen molar-refractivity contribution >= 4 is 17.7 Å². The third-order valence-corrected chi connectivity index (χ3v) is 16.0. The van der Waals surface area contributed by atoms with Gasteiger partial charge in [0.1, 0.15) is 35.8 Å². The summed E-state index contributed by atoms with van der Waals surface area (Å²) in [6, 6.07) is 4.31. The predicted octanol–water partition coefficient (Wildman–Crippen LogP) is 4.03. The van der Waals surface area contributed by atoms with Crippen LogP contribution in [0.5, 0.6) is 11.5 Å². The fourth-order valence-electron chi connectivity index (χ4n) is 12.3. The average Bonchev–Trinajstić information content (AvgIpc) is 3.49. The minimum absolute atomic E-state index is 0.0268. The van der Waals surface area contributed by atoms with Gasteiger partial charge < -0.3 is 63.4 Å². The normalized spacial score (nSPS) is 41.2. The molecule has 5 N–H and O–H groups in total. The number of aliphatic hydroxyl groups excluding tert-OH is 4. The average molecular weight is 903 g/mol. The second kappa shape index (κ2) is 19.2. The third kappa shape index (κ3) is 8.88. The number of hydrogen-bond acceptors (Lipinski definition) is 16. The number of carbonyl (C=O) groups is 3. The molecule has 17 atom stereocenters. The summed E-state index contributed by atoms with van der Waals surface area (Å²) in [4.78, 5) is 40.5. The second-order valence-electron chi connectivity index (χ2n) is 20.1. The number of fused-ring (bicyclic) bond motifs is 5. The van der Waals surface area contributed by atoms with Crippen LogP contribution in [-0.4, -0.2) is 138 Å². The number of aliphatic hydroxyl groups is 5. The molecule has 2 heterocycles. The Bertz CT molecular complexity index is 1890. The first-order valence-corrected chi connectivity index (χ1v) is 23.1. The molecule has 2 saturated heterocycles. The number of esters is 2. The molecule has 0 bridgehead atoms. The quantitative estimate of drug-likeness (QED) is 0.131. The summed E-state index contributed by atoms with van der Waals surface area (Å²) >= 11 is 0. The molecule has 4 aliphatic carbocycles. The number of allylic oxidation sites excluding steroid dienone is 1. The summed E-state index contributed by atoms with van der Waals surface area (Å²) in [7, 11) is 2.84. The molecular formula is C48H70O16. The van der Waals surface area contributed by atoms with Crippen molar-refractivity contribution < 1.29 is 77.8 Å². The molecule has 1 aromatic rings. The van der Waals surface area contributed by atoms with Crippen molar-refractivity contribution in [3.05, 3.63) is 35.4 Å². The highest BCUT2D eigenvalue weighted by Gasteiger charge is 2.70. The lowest BCUT2D eigenvalue weighted by Gasteiger charge is -2.59. The minimum Gasteiger partial charge on any atom is -0.493 e. The molecule has 0 amide bonds. The number of methoxy groups -OCH3 is 2. The number of hydrogen-bond donors (Lipinski definition) is 5. The summed E-state index contributed by atoms with van der Waals surface area (Å²) in [6.45, 7) is 10.7. The van der Waals surface area contributed by atoms with Crippen LogP contribution in [0.15, 0.2) is 29.8 Å². The minimum atomic E-state index is -1.69. The van der Waals surface area contributed by atoms with Gasteiger partial charge in [-0.3, -0.25) is 9.59 Å². The van der Waals surface area contributed by atoms with E-state index in [1.165, 1.54) is 44.9 Å². The first-order valence-electron chi connectivity index (χ1n) is 23.1. The molecule has 0 spiro atoms. The molecule has 6 aliphatic rings. The van der Waals surface area contributed by atoms with Crippen molar-refractivity contribution in [2.45, 2.75) is 166 Å². The number of rotatable bonds is 14. The number of Topliss-reactive ketones (excluding diaryl/α,β-unsaturated/α-hetero) is 1. The van der Waals surface area contributed by atoms with E-state index in [-0.39, 0.29) is 59.4 Å². The smallest absolute Gasteiger partial charge is 0.338 e. The molecule has 1 aromatic carbocycles. The Morgan fingerprint density at radius 1 is 0.844 bits per heavy atom. The SMILES string of the molecule is COc1ccc(C(=O)OC2C(OC3C(O)COC(OC4CC5C6CC=C7CC(O)CCC7(C)C6CCC5(C)C4(O)C(C)C(=O)CCC(C)C)C3OC(C)=O)OCC(O)C2O)cc1OC. The number of carbonyl (C=O) groups excluding carboxylic acids is 3. The van der Waals surface area contributed by atoms with E-state index in [0.717, 1.165) is 25.7 Å². The molecule has 64 heavy (non-hydrogen) atoms. The van der Waals surface area contributed by atoms with Crippen LogP contribution < -0.4 is 9.47 Å². The fourth-order valence-corrected chi connectivity index (χ4v) is 12.3. The van der Waals surface area contributed by atoms with Crippen LogP contribution in [0.2, 0.25) is 0 Å². The molecule has 3 saturated carbocycles. The van der Waals surface area contributed by atoms with Crippen LogP contribution in [0.4, 0.5) is 0 Å². The number of ketones is 1. The second-order valence-corrected chi connectivity index (χ2v) is 20.1. The van der Waals surface area contributed by atoms with Gasteiger partial charge in [0.2, 0.25) is 0 Å². The maximum absolute atomic E-state index is 14.2. The zero-order chi connectivity index (χ0) is 46.5. The Labute approximate surface area is 375 Å². The molecular weight excluding hydrogens is 833 g/mol. The van der Waals surface area contributed by atoms with Crippen molar-refractivity contribution in [3.63, 3.8) is 0 Å². The molecule has 5 fully saturated rings. The van der Waals surface area contributed by atoms with Crippen LogP contribution in [0.25, 0.3) is 0 Å². The van der Waals surface area contributed by atoms with Crippen LogP contribution in [-0.2, 0) is 38.0 Å². The van der Waals surface area contributed by atoms with E-state index < -0.39 is 90.8 Å². The molecule has 16 heteroatoms. The Hall–Kier alpha value is -3.19. The zero-order valence-corrected chi connectivity index (χ0v) is 38.5. The van der Waals surface area contributed by atoms with Crippen molar-refractivity contribution in [2.75, 3.05) is 27.4 Å². The van der Waals surface area contributed by atoms with Gasteiger partial charge in [-0.2, -0.15) is 0 Å². The Morgan fingerprint density at radius 2 is 1.53 bits per heavy atom. The van der Waals surface area contributed by atoms with Crippen LogP contribution in [0, 0.1) is 40.4 Å². The molecule has 16 nitrogen and oxygen atoms in total. The Balaban J connectivity index is 1.18. The van der Waals surface area contributed by atoms with Gasteiger partial charge in [-0.05, 0) is 98.7 Å². The summed E-state index contributed by atoms with van der Waals surface area (Å²) in [5.74, 6) is -1.32. The van der Waals surface area contributed by atoms with Gasteiger partial charge in [0.25, 0.3) is 0 Å². The van der Waals surface area contributed by atoms with Gasteiger partial charge >= 0.3 is 11.9 Å². The first-order chi connectivity index (χ1) is 30.3. The standard InChI is InChI=1S/C48H70O16/c1-24(2)9-13-33(51)25(3)48(56)38(21-32-30-12-11-28-20-29(50)15-17-46(28,5)31(30)16-18-47(32,48)6)62-45-42(61-26(4)49)40(35(53)23-60-45)64-44-41(39(54)34(52)22-59-44)63-43(55)27-10-14-36(57-7)37(19-27)58-8/h10-11,14,19,24-25,29-32,34-35,38-42,44-45,50,52-54,56H,9,12-13,15-18,20-23H2,1-8H3. The summed E-state index contributed by atoms with van der Waals surface area (Å²) < 4.78 is 47.2. The highest BCUT2D eigenvalue weighted by Crippen LogP contribution is 2.69. The van der Waals surface area contributed by atoms with E-state index in [2.05, 4.69) is 33.8 Å². The van der Waals surface area contributed by atoms with Crippen LogP contribution in [0.3, 0.4) is 0 Å². The van der Waals surface area contributed by atoms with Gasteiger partial charge in [-0.1, -0.05) is 46.3 Å². The Morgan fingerprint density at radius 3 is 2.20 bits per heavy atom. The molecule has 17 unspecified atom stereocenters. The van der Waals surface area contributed by atoms with Gasteiger partial charge in [-0.15, -0.1) is 0 Å². The Kier molecular flexibility index (Phi) is 14.6.